The Morgan fingerprint density at radius 2 is 1.34 bits per heavy atom. The summed E-state index contributed by atoms with van der Waals surface area (Å²) in [6, 6.07) is 12.9. The van der Waals surface area contributed by atoms with Gasteiger partial charge >= 0.3 is 6.09 Å². The third-order valence-electron chi connectivity index (χ3n) is 13.1. The van der Waals surface area contributed by atoms with Crippen molar-refractivity contribution in [1.82, 2.24) is 30.7 Å². The van der Waals surface area contributed by atoms with Gasteiger partial charge in [0.05, 0.1) is 62.0 Å². The maximum Gasteiger partial charge on any atom is 0.405 e. The lowest BCUT2D eigenvalue weighted by atomic mass is 10.0. The van der Waals surface area contributed by atoms with E-state index in [1.165, 1.54) is 26.8 Å². The van der Waals surface area contributed by atoms with Gasteiger partial charge in [0.25, 0.3) is 11.8 Å². The molecule has 5 heterocycles. The number of nitrogens with one attached hydrogen (secondary N) is 3. The largest absolute Gasteiger partial charge is 0.493 e. The first-order chi connectivity index (χ1) is 34.2. The lowest BCUT2D eigenvalue weighted by Gasteiger charge is -2.34. The minimum Gasteiger partial charge on any atom is -0.493 e. The number of hydrogen-bond acceptors (Lipinski definition) is 13. The summed E-state index contributed by atoms with van der Waals surface area (Å²) >= 11 is 0. The van der Waals surface area contributed by atoms with Gasteiger partial charge in [-0.15, -0.1) is 0 Å². The van der Waals surface area contributed by atoms with Crippen molar-refractivity contribution in [2.24, 2.45) is 15.9 Å². The van der Waals surface area contributed by atoms with Crippen LogP contribution in [0.25, 0.3) is 5.57 Å². The van der Waals surface area contributed by atoms with Crippen molar-refractivity contribution in [1.29, 1.82) is 0 Å². The normalized spacial score (nSPS) is 19.2. The van der Waals surface area contributed by atoms with Crippen LogP contribution in [0.15, 0.2) is 88.6 Å². The van der Waals surface area contributed by atoms with Gasteiger partial charge in [-0.1, -0.05) is 38.1 Å². The number of piperazine rings is 1. The molecule has 5 amide bonds. The summed E-state index contributed by atoms with van der Waals surface area (Å²) in [4.78, 5) is 81.7. The average Bonchev–Trinajstić information content (AvgIpc) is 3.93. The standard InChI is InChI=1S/C52H61N9O10/c1-31(2)47(57-52(66)67)49(63)56-32(3)48(62)53-14-7-9-33-21-37-27-54-41-25-45(43(68-5)23-39(41)50(64)60(37)29-33)70-19-8-20-71-46-26-42-40(24-44(46)69-6)51(65)61-30-35(22-38(61)28-55-42)34-10-12-36(13-11-34)59-17-15-58(4)16-18-59/h7,9-13,23-32,37-38,47,57H,8,14-22H2,1-6H3,(H,53,62)(H,56,63)(H,66,67)/b9-7+/t32-,37-,38-,47+/m0/s1. The summed E-state index contributed by atoms with van der Waals surface area (Å²) in [7, 11) is 5.19. The van der Waals surface area contributed by atoms with Gasteiger partial charge in [-0.05, 0) is 67.3 Å². The summed E-state index contributed by atoms with van der Waals surface area (Å²) in [5.74, 6) is -0.124. The van der Waals surface area contributed by atoms with Crippen molar-refractivity contribution in [3.63, 3.8) is 0 Å². The number of carboxylic acid groups (broad SMARTS) is 1. The second-order valence-electron chi connectivity index (χ2n) is 18.4. The molecule has 3 aromatic rings. The van der Waals surface area contributed by atoms with Gasteiger partial charge in [0.15, 0.2) is 23.0 Å². The minimum atomic E-state index is -1.33. The molecule has 8 rings (SSSR count). The van der Waals surface area contributed by atoms with E-state index in [2.05, 4.69) is 62.1 Å². The number of amides is 5. The maximum atomic E-state index is 14.0. The molecular formula is C52H61N9O10. The van der Waals surface area contributed by atoms with E-state index in [-0.39, 0.29) is 49.6 Å². The first kappa shape index (κ1) is 49.7. The van der Waals surface area contributed by atoms with Crippen LogP contribution in [-0.2, 0) is 9.59 Å². The summed E-state index contributed by atoms with van der Waals surface area (Å²) in [6.07, 6.45) is 11.1. The molecule has 4 N–H and O–H groups in total. The second kappa shape index (κ2) is 22.0. The highest BCUT2D eigenvalue weighted by molar-refractivity contribution is 6.06. The number of allylic oxidation sites excluding steroid dienone is 1. The predicted molar refractivity (Wildman–Crippen MR) is 269 cm³/mol. The first-order valence-corrected chi connectivity index (χ1v) is 23.8. The van der Waals surface area contributed by atoms with E-state index in [1.54, 1.807) is 66.4 Å². The number of aliphatic imine (C=N–C) groups is 2. The highest BCUT2D eigenvalue weighted by atomic mass is 16.5. The zero-order valence-electron chi connectivity index (χ0n) is 40.8. The summed E-state index contributed by atoms with van der Waals surface area (Å²) < 4.78 is 23.6. The Balaban J connectivity index is 0.823. The van der Waals surface area contributed by atoms with Gasteiger partial charge in [-0.2, -0.15) is 0 Å². The molecule has 19 nitrogen and oxygen atoms in total. The van der Waals surface area contributed by atoms with E-state index < -0.39 is 30.0 Å². The molecule has 0 bridgehead atoms. The number of fused-ring (bicyclic) bond motifs is 4. The number of ether oxygens (including phenoxy) is 4. The van der Waals surface area contributed by atoms with Crippen LogP contribution in [0.2, 0.25) is 0 Å². The predicted octanol–water partition coefficient (Wildman–Crippen LogP) is 5.56. The van der Waals surface area contributed by atoms with Crippen LogP contribution in [-0.4, -0.2) is 153 Å². The second-order valence-corrected chi connectivity index (χ2v) is 18.4. The molecule has 4 atom stereocenters. The zero-order valence-corrected chi connectivity index (χ0v) is 40.8. The number of anilines is 1. The Bertz CT molecular complexity index is 2690. The number of nitrogens with zero attached hydrogens (tertiary/aromatic N) is 6. The molecule has 5 aliphatic rings. The molecule has 0 unspecified atom stereocenters. The fourth-order valence-corrected chi connectivity index (χ4v) is 9.02. The van der Waals surface area contributed by atoms with Crippen LogP contribution in [0, 0.1) is 5.92 Å². The van der Waals surface area contributed by atoms with E-state index in [0.717, 1.165) is 42.9 Å². The van der Waals surface area contributed by atoms with Gasteiger partial charge in [0, 0.05) is 88.2 Å². The number of carbonyl (C=O) groups is 5. The molecule has 0 spiro atoms. The molecule has 5 aliphatic heterocycles. The maximum absolute atomic E-state index is 14.0. The van der Waals surface area contributed by atoms with Gasteiger partial charge in [0.2, 0.25) is 11.8 Å². The molecule has 19 heteroatoms. The Labute approximate surface area is 412 Å². The molecule has 3 aromatic carbocycles. The Hall–Kier alpha value is -7.67. The van der Waals surface area contributed by atoms with Crippen molar-refractivity contribution in [3.8, 4) is 23.0 Å². The Morgan fingerprint density at radius 1 is 0.761 bits per heavy atom. The van der Waals surface area contributed by atoms with E-state index in [9.17, 15) is 24.0 Å². The molecule has 0 aliphatic carbocycles. The van der Waals surface area contributed by atoms with Gasteiger partial charge in [-0.25, -0.2) is 4.79 Å². The zero-order chi connectivity index (χ0) is 50.3. The third-order valence-corrected chi connectivity index (χ3v) is 13.1. The smallest absolute Gasteiger partial charge is 0.405 e. The van der Waals surface area contributed by atoms with Crippen LogP contribution >= 0.6 is 0 Å². The minimum absolute atomic E-state index is 0.158. The topological polar surface area (TPSA) is 216 Å². The fourth-order valence-electron chi connectivity index (χ4n) is 9.02. The van der Waals surface area contributed by atoms with Gasteiger partial charge in [0.1, 0.15) is 12.1 Å². The molecule has 1 fully saturated rings. The molecule has 374 valence electrons. The van der Waals surface area contributed by atoms with Gasteiger partial charge in [-0.3, -0.25) is 29.2 Å². The molecular weight excluding hydrogens is 911 g/mol. The number of benzene rings is 3. The lowest BCUT2D eigenvalue weighted by molar-refractivity contribution is -0.130. The first-order valence-electron chi connectivity index (χ1n) is 23.8. The Morgan fingerprint density at radius 3 is 1.90 bits per heavy atom. The average molecular weight is 972 g/mol. The number of methoxy groups -OCH3 is 2. The number of likely N-dealkylation sites (N-methyl/N-ethyl adjacent to an activating group) is 1. The summed E-state index contributed by atoms with van der Waals surface area (Å²) in [5.41, 5.74) is 5.94. The van der Waals surface area contributed by atoms with Crippen LogP contribution in [0.4, 0.5) is 21.9 Å². The summed E-state index contributed by atoms with van der Waals surface area (Å²) in [6.45, 7) is 9.68. The number of rotatable bonds is 18. The van der Waals surface area contributed by atoms with E-state index in [4.69, 9.17) is 29.0 Å². The van der Waals surface area contributed by atoms with Crippen LogP contribution in [0.5, 0.6) is 23.0 Å². The van der Waals surface area contributed by atoms with E-state index >= 15 is 0 Å². The van der Waals surface area contributed by atoms with Crippen LogP contribution in [0.3, 0.4) is 0 Å². The van der Waals surface area contributed by atoms with Crippen LogP contribution < -0.4 is 39.8 Å². The van der Waals surface area contributed by atoms with Crippen molar-refractivity contribution >= 4 is 64.8 Å². The fraction of sp³-hybridized carbons (Fsp3) is 0.404. The quantitative estimate of drug-likeness (QED) is 0.115. The lowest BCUT2D eigenvalue weighted by Crippen LogP contribution is -2.54. The van der Waals surface area contributed by atoms with Crippen molar-refractivity contribution in [3.05, 3.63) is 95.3 Å². The monoisotopic (exact) mass is 971 g/mol. The Kier molecular flexibility index (Phi) is 15.4. The third kappa shape index (κ3) is 11.4. The summed E-state index contributed by atoms with van der Waals surface area (Å²) in [5, 5.41) is 16.5. The van der Waals surface area contributed by atoms with Crippen LogP contribution in [0.1, 0.15) is 66.3 Å². The molecule has 0 aromatic heterocycles. The van der Waals surface area contributed by atoms with E-state index in [1.807, 2.05) is 18.5 Å². The SMILES string of the molecule is COc1cc2c(cc1OCCCOc1cc3c(cc1OC)C(=O)N1C=C(c4ccc(N5CCN(C)CC5)cc4)C[C@H]1C=N3)N=C[C@@H]1CC(/C=C/CNC(=O)[C@H](C)NC(=O)[C@H](NC(=O)O)C(C)C)=CN1C2=O. The molecule has 0 radical (unpaired) electrons. The highest BCUT2D eigenvalue weighted by Crippen LogP contribution is 2.41. The molecule has 71 heavy (non-hydrogen) atoms. The van der Waals surface area contributed by atoms with Crippen molar-refractivity contribution < 1.29 is 48.0 Å². The molecule has 0 saturated carbocycles. The van der Waals surface area contributed by atoms with E-state index in [0.29, 0.717) is 64.8 Å². The van der Waals surface area contributed by atoms with Crippen molar-refractivity contribution in [2.75, 3.05) is 72.1 Å². The van der Waals surface area contributed by atoms with Gasteiger partial charge < -0.3 is 59.6 Å². The molecule has 1 saturated heterocycles. The number of carbonyl (C=O) groups excluding carboxylic acids is 4. The van der Waals surface area contributed by atoms with Crippen molar-refractivity contribution in [2.45, 2.75) is 64.2 Å². The highest BCUT2D eigenvalue weighted by Gasteiger charge is 2.35. The number of hydrogen-bond donors (Lipinski definition) is 4.